The van der Waals surface area contributed by atoms with E-state index in [2.05, 4.69) is 276 Å². The highest BCUT2D eigenvalue weighted by Crippen LogP contribution is 2.47. The molecule has 1 heterocycles. The number of benzene rings is 11. The van der Waals surface area contributed by atoms with Crippen molar-refractivity contribution in [3.63, 3.8) is 0 Å². The van der Waals surface area contributed by atoms with Crippen LogP contribution in [0, 0.1) is 0 Å². The van der Waals surface area contributed by atoms with Gasteiger partial charge in [0.05, 0.1) is 16.7 Å². The van der Waals surface area contributed by atoms with Gasteiger partial charge in [-0.3, -0.25) is 0 Å². The zero-order chi connectivity index (χ0) is 43.8. The van der Waals surface area contributed by atoms with Gasteiger partial charge in [0, 0.05) is 33.4 Å². The number of hydrogen-bond donors (Lipinski definition) is 0. The van der Waals surface area contributed by atoms with Crippen LogP contribution in [0.5, 0.6) is 0 Å². The summed E-state index contributed by atoms with van der Waals surface area (Å²) < 4.78 is 2.38. The predicted molar refractivity (Wildman–Crippen MR) is 280 cm³/mol. The second-order valence-electron chi connectivity index (χ2n) is 16.9. The van der Waals surface area contributed by atoms with Crippen LogP contribution in [0.3, 0.4) is 0 Å². The molecule has 0 aliphatic carbocycles. The zero-order valence-electron chi connectivity index (χ0n) is 36.3. The number of nitrogens with zero attached hydrogens (tertiary/aromatic N) is 2. The SMILES string of the molecule is c1ccc(-c2ccc(-c3ccccc3)c(-c3ccccc3-c3ccccc3N(c3ccc(-c4cccc5ccccc45)cc3)c3ccc(-n4c5ccccc5c5ccccc54)cc3)c2)cc1. The third-order valence-electron chi connectivity index (χ3n) is 13.0. The molecule has 0 fully saturated rings. The summed E-state index contributed by atoms with van der Waals surface area (Å²) in [6.45, 7) is 0. The molecule has 0 saturated heterocycles. The quantitative estimate of drug-likeness (QED) is 0.141. The largest absolute Gasteiger partial charge is 0.310 e. The summed E-state index contributed by atoms with van der Waals surface area (Å²) >= 11 is 0. The predicted octanol–water partition coefficient (Wildman–Crippen LogP) is 17.7. The van der Waals surface area contributed by atoms with Crippen LogP contribution in [-0.2, 0) is 0 Å². The van der Waals surface area contributed by atoms with Gasteiger partial charge in [-0.25, -0.2) is 0 Å². The van der Waals surface area contributed by atoms with Crippen molar-refractivity contribution in [2.75, 3.05) is 4.90 Å². The highest BCUT2D eigenvalue weighted by Gasteiger charge is 2.22. The maximum Gasteiger partial charge on any atom is 0.0541 e. The molecule has 0 bridgehead atoms. The van der Waals surface area contributed by atoms with Gasteiger partial charge in [0.15, 0.2) is 0 Å². The van der Waals surface area contributed by atoms with Crippen LogP contribution >= 0.6 is 0 Å². The van der Waals surface area contributed by atoms with E-state index in [1.807, 2.05) is 0 Å². The van der Waals surface area contributed by atoms with E-state index < -0.39 is 0 Å². The van der Waals surface area contributed by atoms with E-state index >= 15 is 0 Å². The Morgan fingerprint density at radius 1 is 0.258 bits per heavy atom. The summed E-state index contributed by atoms with van der Waals surface area (Å²) in [5, 5.41) is 4.99. The molecule has 310 valence electrons. The fourth-order valence-electron chi connectivity index (χ4n) is 9.94. The summed E-state index contributed by atoms with van der Waals surface area (Å²) in [7, 11) is 0. The van der Waals surface area contributed by atoms with Crippen LogP contribution in [0.2, 0.25) is 0 Å². The Kier molecular flexibility index (Phi) is 9.89. The first-order valence-corrected chi connectivity index (χ1v) is 22.7. The van der Waals surface area contributed by atoms with Gasteiger partial charge in [0.1, 0.15) is 0 Å². The normalized spacial score (nSPS) is 11.3. The Balaban J connectivity index is 1.04. The monoisotopic (exact) mass is 840 g/mol. The molecule has 2 nitrogen and oxygen atoms in total. The van der Waals surface area contributed by atoms with E-state index in [1.165, 1.54) is 77.1 Å². The molecule has 0 unspecified atom stereocenters. The van der Waals surface area contributed by atoms with Gasteiger partial charge in [0.25, 0.3) is 0 Å². The standard InChI is InChI=1S/C64H44N2/c1-3-18-45(19-4-1)49-36-43-55(46-20-5-2-6-21-46)61(44-49)57-26-10-9-25-56(57)58-27-11-14-31-62(58)65(50-37-34-48(35-38-50)54-30-17-23-47-22-7-8-24-53(47)54)51-39-41-52(42-40-51)66-63-32-15-12-28-59(63)60-29-13-16-33-64(60)66/h1-44H. The molecule has 0 amide bonds. The lowest BCUT2D eigenvalue weighted by atomic mass is 9.87. The molecule has 66 heavy (non-hydrogen) atoms. The van der Waals surface area contributed by atoms with Crippen molar-refractivity contribution >= 4 is 49.6 Å². The first-order chi connectivity index (χ1) is 32.8. The fraction of sp³-hybridized carbons (Fsp3) is 0. The summed E-state index contributed by atoms with van der Waals surface area (Å²) in [6.07, 6.45) is 0. The highest BCUT2D eigenvalue weighted by atomic mass is 15.1. The molecule has 1 aromatic heterocycles. The van der Waals surface area contributed by atoms with Crippen molar-refractivity contribution in [1.29, 1.82) is 0 Å². The van der Waals surface area contributed by atoms with Gasteiger partial charge < -0.3 is 9.47 Å². The first-order valence-electron chi connectivity index (χ1n) is 22.7. The molecule has 0 aliphatic rings. The van der Waals surface area contributed by atoms with Gasteiger partial charge in [0.2, 0.25) is 0 Å². The molecule has 12 aromatic rings. The van der Waals surface area contributed by atoms with E-state index in [0.29, 0.717) is 0 Å². The molecule has 0 atom stereocenters. The van der Waals surface area contributed by atoms with Gasteiger partial charge in [-0.15, -0.1) is 0 Å². The average Bonchev–Trinajstić information content (AvgIpc) is 3.74. The van der Waals surface area contributed by atoms with Crippen LogP contribution in [0.15, 0.2) is 267 Å². The van der Waals surface area contributed by atoms with Crippen molar-refractivity contribution in [2.24, 2.45) is 0 Å². The van der Waals surface area contributed by atoms with E-state index in [1.54, 1.807) is 0 Å². The van der Waals surface area contributed by atoms with Crippen molar-refractivity contribution in [3.8, 4) is 61.3 Å². The minimum absolute atomic E-state index is 1.07. The minimum atomic E-state index is 1.07. The third-order valence-corrected chi connectivity index (χ3v) is 13.0. The molecule has 0 aliphatic heterocycles. The molecule has 0 spiro atoms. The third kappa shape index (κ3) is 6.93. The van der Waals surface area contributed by atoms with Crippen LogP contribution < -0.4 is 4.90 Å². The van der Waals surface area contributed by atoms with E-state index in [4.69, 9.17) is 0 Å². The second kappa shape index (κ2) is 16.8. The lowest BCUT2D eigenvalue weighted by molar-refractivity contribution is 1.17. The fourth-order valence-corrected chi connectivity index (χ4v) is 9.94. The van der Waals surface area contributed by atoms with Crippen LogP contribution in [0.25, 0.3) is 93.9 Å². The summed E-state index contributed by atoms with van der Waals surface area (Å²) in [5.74, 6) is 0. The van der Waals surface area contributed by atoms with Gasteiger partial charge in [-0.05, 0) is 122 Å². The lowest BCUT2D eigenvalue weighted by Crippen LogP contribution is -2.11. The number of para-hydroxylation sites is 3. The molecule has 11 aromatic carbocycles. The van der Waals surface area contributed by atoms with Crippen molar-refractivity contribution in [1.82, 2.24) is 4.57 Å². The van der Waals surface area contributed by atoms with Gasteiger partial charge >= 0.3 is 0 Å². The van der Waals surface area contributed by atoms with Gasteiger partial charge in [-0.2, -0.15) is 0 Å². The Hall–Kier alpha value is -8.72. The molecular weight excluding hydrogens is 797 g/mol. The number of fused-ring (bicyclic) bond motifs is 4. The zero-order valence-corrected chi connectivity index (χ0v) is 36.3. The summed E-state index contributed by atoms with van der Waals surface area (Å²) in [5.41, 5.74) is 18.6. The average molecular weight is 841 g/mol. The Morgan fingerprint density at radius 3 is 1.41 bits per heavy atom. The van der Waals surface area contributed by atoms with Crippen LogP contribution in [-0.4, -0.2) is 4.57 Å². The van der Waals surface area contributed by atoms with E-state index in [9.17, 15) is 0 Å². The van der Waals surface area contributed by atoms with E-state index in [-0.39, 0.29) is 0 Å². The topological polar surface area (TPSA) is 8.17 Å². The molecule has 0 N–H and O–H groups in total. The van der Waals surface area contributed by atoms with Crippen molar-refractivity contribution < 1.29 is 0 Å². The minimum Gasteiger partial charge on any atom is -0.310 e. The summed E-state index contributed by atoms with van der Waals surface area (Å²) in [6, 6.07) is 97.0. The van der Waals surface area contributed by atoms with E-state index in [0.717, 1.165) is 33.9 Å². The van der Waals surface area contributed by atoms with Crippen molar-refractivity contribution in [2.45, 2.75) is 0 Å². The Labute approximate surface area is 385 Å². The van der Waals surface area contributed by atoms with Crippen molar-refractivity contribution in [3.05, 3.63) is 267 Å². The number of hydrogen-bond acceptors (Lipinski definition) is 1. The molecule has 0 saturated carbocycles. The smallest absolute Gasteiger partial charge is 0.0541 e. The number of anilines is 3. The highest BCUT2D eigenvalue weighted by molar-refractivity contribution is 6.09. The number of aromatic nitrogens is 1. The molecule has 12 rings (SSSR count). The van der Waals surface area contributed by atoms with Crippen LogP contribution in [0.4, 0.5) is 17.1 Å². The lowest BCUT2D eigenvalue weighted by Gasteiger charge is -2.29. The Morgan fingerprint density at radius 2 is 0.727 bits per heavy atom. The van der Waals surface area contributed by atoms with Gasteiger partial charge in [-0.1, -0.05) is 206 Å². The molecular formula is C64H44N2. The maximum absolute atomic E-state index is 2.42. The number of rotatable bonds is 9. The molecule has 2 heteroatoms. The Bertz CT molecular complexity index is 3620. The first kappa shape index (κ1) is 38.9. The molecule has 0 radical (unpaired) electrons. The maximum atomic E-state index is 2.42. The van der Waals surface area contributed by atoms with Crippen LogP contribution in [0.1, 0.15) is 0 Å². The summed E-state index contributed by atoms with van der Waals surface area (Å²) in [4.78, 5) is 2.42. The second-order valence-corrected chi connectivity index (χ2v) is 16.9.